The smallest absolute Gasteiger partial charge is 0.264 e. The first-order valence-corrected chi connectivity index (χ1v) is 16.2. The molecule has 1 N–H and O–H groups in total. The molecule has 0 bridgehead atoms. The van der Waals surface area contributed by atoms with Gasteiger partial charge in [0, 0.05) is 12.6 Å². The molecule has 0 heterocycles. The van der Waals surface area contributed by atoms with Gasteiger partial charge in [-0.05, 0) is 92.9 Å². The number of ether oxygens (including phenoxy) is 1. The molecule has 0 saturated heterocycles. The Bertz CT molecular complexity index is 1500. The van der Waals surface area contributed by atoms with E-state index in [0.717, 1.165) is 28.6 Å². The predicted molar refractivity (Wildman–Crippen MR) is 168 cm³/mol. The monoisotopic (exact) mass is 651 g/mol. The lowest BCUT2D eigenvalue weighted by Gasteiger charge is -2.33. The number of nitrogens with one attached hydrogen (secondary N) is 1. The van der Waals surface area contributed by atoms with E-state index in [1.165, 1.54) is 17.0 Å². The quantitative estimate of drug-likeness (QED) is 0.216. The van der Waals surface area contributed by atoms with E-state index < -0.39 is 34.3 Å². The third kappa shape index (κ3) is 8.84. The van der Waals surface area contributed by atoms with Gasteiger partial charge in [0.15, 0.2) is 0 Å². The number of halogens is 3. The first kappa shape index (κ1) is 34.2. The van der Waals surface area contributed by atoms with Crippen LogP contribution in [0.2, 0.25) is 10.0 Å². The number of hydrogen-bond donors (Lipinski definition) is 1. The number of nitrogens with zero attached hydrogens (tertiary/aromatic N) is 2. The van der Waals surface area contributed by atoms with Crippen LogP contribution in [0.4, 0.5) is 10.1 Å². The number of carbonyl (C=O) groups excluding carboxylic acids is 2. The molecule has 0 radical (unpaired) electrons. The minimum Gasteiger partial charge on any atom is -0.494 e. The van der Waals surface area contributed by atoms with Crippen molar-refractivity contribution in [3.8, 4) is 5.75 Å². The molecule has 232 valence electrons. The first-order chi connectivity index (χ1) is 20.4. The maximum absolute atomic E-state index is 14.1. The molecule has 3 aromatic carbocycles. The molecule has 0 saturated carbocycles. The first-order valence-electron chi connectivity index (χ1n) is 14.0. The Morgan fingerprint density at radius 1 is 0.930 bits per heavy atom. The summed E-state index contributed by atoms with van der Waals surface area (Å²) in [6, 6.07) is 14.4. The van der Waals surface area contributed by atoms with Gasteiger partial charge in [0.25, 0.3) is 10.0 Å². The van der Waals surface area contributed by atoms with E-state index >= 15 is 0 Å². The minimum atomic E-state index is -4.35. The van der Waals surface area contributed by atoms with Gasteiger partial charge >= 0.3 is 0 Å². The minimum absolute atomic E-state index is 0.0319. The van der Waals surface area contributed by atoms with Crippen LogP contribution in [0, 0.1) is 5.82 Å². The van der Waals surface area contributed by atoms with Crippen molar-refractivity contribution < 1.29 is 27.1 Å². The highest BCUT2D eigenvalue weighted by atomic mass is 35.5. The third-order valence-corrected chi connectivity index (χ3v) is 9.37. The summed E-state index contributed by atoms with van der Waals surface area (Å²) in [6.45, 7) is 7.13. The second kappa shape index (κ2) is 15.4. The number of rotatable bonds is 14. The summed E-state index contributed by atoms with van der Waals surface area (Å²) in [7, 11) is -4.35. The van der Waals surface area contributed by atoms with Gasteiger partial charge in [-0.2, -0.15) is 0 Å². The average Bonchev–Trinajstić information content (AvgIpc) is 2.98. The summed E-state index contributed by atoms with van der Waals surface area (Å²) in [5.74, 6) is -1.07. The third-order valence-electron chi connectivity index (χ3n) is 6.84. The van der Waals surface area contributed by atoms with Gasteiger partial charge in [-0.25, -0.2) is 12.8 Å². The van der Waals surface area contributed by atoms with Crippen LogP contribution in [0.3, 0.4) is 0 Å². The van der Waals surface area contributed by atoms with Crippen molar-refractivity contribution in [2.75, 3.05) is 17.5 Å². The number of carbonyl (C=O) groups is 2. The molecule has 43 heavy (non-hydrogen) atoms. The highest BCUT2D eigenvalue weighted by Crippen LogP contribution is 2.28. The van der Waals surface area contributed by atoms with Crippen LogP contribution >= 0.6 is 23.2 Å². The molecular weight excluding hydrogens is 616 g/mol. The number of benzene rings is 3. The summed E-state index contributed by atoms with van der Waals surface area (Å²) in [5.41, 5.74) is 0.791. The largest absolute Gasteiger partial charge is 0.494 e. The molecule has 0 aliphatic carbocycles. The van der Waals surface area contributed by atoms with E-state index in [2.05, 4.69) is 5.32 Å². The molecule has 3 rings (SSSR count). The highest BCUT2D eigenvalue weighted by Gasteiger charge is 2.34. The van der Waals surface area contributed by atoms with Crippen molar-refractivity contribution in [2.45, 2.75) is 64.1 Å². The number of anilines is 1. The van der Waals surface area contributed by atoms with Gasteiger partial charge in [0.05, 0.1) is 27.2 Å². The van der Waals surface area contributed by atoms with Crippen LogP contribution in [-0.2, 0) is 26.2 Å². The lowest BCUT2D eigenvalue weighted by molar-refractivity contribution is -0.140. The lowest BCUT2D eigenvalue weighted by Crippen LogP contribution is -2.53. The van der Waals surface area contributed by atoms with E-state index in [1.807, 2.05) is 20.8 Å². The molecule has 0 aliphatic rings. The van der Waals surface area contributed by atoms with Crippen molar-refractivity contribution in [1.82, 2.24) is 10.2 Å². The zero-order valence-electron chi connectivity index (χ0n) is 24.5. The molecule has 0 fully saturated rings. The molecule has 12 heteroatoms. The summed E-state index contributed by atoms with van der Waals surface area (Å²) in [4.78, 5) is 28.7. The second-order valence-electron chi connectivity index (χ2n) is 9.90. The van der Waals surface area contributed by atoms with Crippen LogP contribution in [0.5, 0.6) is 5.75 Å². The number of sulfonamides is 1. The average molecular weight is 653 g/mol. The Balaban J connectivity index is 2.08. The van der Waals surface area contributed by atoms with Crippen molar-refractivity contribution in [2.24, 2.45) is 0 Å². The van der Waals surface area contributed by atoms with Crippen molar-refractivity contribution in [3.63, 3.8) is 0 Å². The Hall–Kier alpha value is -3.34. The van der Waals surface area contributed by atoms with Crippen LogP contribution in [0.1, 0.15) is 46.1 Å². The molecule has 0 aromatic heterocycles. The predicted octanol–water partition coefficient (Wildman–Crippen LogP) is 6.45. The van der Waals surface area contributed by atoms with Crippen LogP contribution in [0.15, 0.2) is 71.6 Å². The fraction of sp³-hybridized carbons (Fsp3) is 0.355. The van der Waals surface area contributed by atoms with Crippen molar-refractivity contribution >= 4 is 50.7 Å². The molecule has 2 unspecified atom stereocenters. The van der Waals surface area contributed by atoms with E-state index in [9.17, 15) is 22.4 Å². The van der Waals surface area contributed by atoms with E-state index in [0.29, 0.717) is 29.4 Å². The Morgan fingerprint density at radius 2 is 1.58 bits per heavy atom. The molecule has 0 aliphatic heterocycles. The summed E-state index contributed by atoms with van der Waals surface area (Å²) in [6.07, 6.45) is 0.952. The highest BCUT2D eigenvalue weighted by molar-refractivity contribution is 7.92. The number of amides is 2. The second-order valence-corrected chi connectivity index (χ2v) is 12.6. The molecule has 2 atom stereocenters. The van der Waals surface area contributed by atoms with Gasteiger partial charge in [0.1, 0.15) is 24.2 Å². The zero-order valence-corrected chi connectivity index (χ0v) is 26.8. The van der Waals surface area contributed by atoms with Gasteiger partial charge in [-0.1, -0.05) is 43.1 Å². The van der Waals surface area contributed by atoms with Gasteiger partial charge in [-0.3, -0.25) is 13.9 Å². The van der Waals surface area contributed by atoms with Crippen molar-refractivity contribution in [3.05, 3.63) is 88.2 Å². The van der Waals surface area contributed by atoms with E-state index in [4.69, 9.17) is 27.9 Å². The SMILES string of the molecule is CCOc1ccc(N(CC(=O)N(Cc2ccc(Cl)c(Cl)c2)C(CC)C(=O)NC(C)CC)S(=O)(=O)c2ccc(F)cc2)cc1. The topological polar surface area (TPSA) is 96.0 Å². The molecule has 2 amide bonds. The lowest BCUT2D eigenvalue weighted by atomic mass is 10.1. The zero-order chi connectivity index (χ0) is 31.7. The maximum Gasteiger partial charge on any atom is 0.264 e. The van der Waals surface area contributed by atoms with Crippen LogP contribution in [0.25, 0.3) is 0 Å². The molecule has 3 aromatic rings. The maximum atomic E-state index is 14.1. The fourth-order valence-electron chi connectivity index (χ4n) is 4.33. The van der Waals surface area contributed by atoms with Gasteiger partial charge in [-0.15, -0.1) is 0 Å². The van der Waals surface area contributed by atoms with Gasteiger partial charge in [0.2, 0.25) is 11.8 Å². The Kier molecular flexibility index (Phi) is 12.2. The van der Waals surface area contributed by atoms with Crippen LogP contribution < -0.4 is 14.4 Å². The summed E-state index contributed by atoms with van der Waals surface area (Å²) >= 11 is 12.3. The summed E-state index contributed by atoms with van der Waals surface area (Å²) < 4.78 is 47.9. The van der Waals surface area contributed by atoms with Gasteiger partial charge < -0.3 is 15.0 Å². The van der Waals surface area contributed by atoms with Crippen molar-refractivity contribution in [1.29, 1.82) is 0 Å². The van der Waals surface area contributed by atoms with Crippen LogP contribution in [-0.4, -0.2) is 50.4 Å². The number of hydrogen-bond acceptors (Lipinski definition) is 5. The van der Waals surface area contributed by atoms with E-state index in [1.54, 1.807) is 37.3 Å². The summed E-state index contributed by atoms with van der Waals surface area (Å²) in [5, 5.41) is 3.53. The van der Waals surface area contributed by atoms with E-state index in [-0.39, 0.29) is 40.5 Å². The standard InChI is InChI=1S/C31H36Cl2FN3O5S/c1-5-21(4)35-31(39)29(6-2)36(19-22-8-17-27(32)28(33)18-22)30(38)20-37(24-11-13-25(14-12-24)42-7-3)43(40,41)26-15-9-23(34)10-16-26/h8-18,21,29H,5-7,19-20H2,1-4H3,(H,35,39). The normalized spacial score (nSPS) is 12.7. The molecule has 0 spiro atoms. The molecular formula is C31H36Cl2FN3O5S. The Labute approximate surface area is 262 Å². The Morgan fingerprint density at radius 3 is 2.14 bits per heavy atom. The molecule has 8 nitrogen and oxygen atoms in total. The fourth-order valence-corrected chi connectivity index (χ4v) is 6.07.